The number of unbranched alkanes of at least 4 members (excludes halogenated alkanes) is 2. The second-order valence-corrected chi connectivity index (χ2v) is 3.96. The third-order valence-corrected chi connectivity index (χ3v) is 2.34. The number of hydrogen-bond acceptors (Lipinski definition) is 3. The van der Waals surface area contributed by atoms with Gasteiger partial charge >= 0.3 is 0 Å². The maximum absolute atomic E-state index is 10.6. The minimum Gasteiger partial charge on any atom is -0.494 e. The first-order chi connectivity index (χ1) is 8.18. The van der Waals surface area contributed by atoms with Crippen LogP contribution in [0.25, 0.3) is 0 Å². The highest BCUT2D eigenvalue weighted by Gasteiger charge is 1.94. The van der Waals surface area contributed by atoms with Crippen molar-refractivity contribution in [2.24, 2.45) is 0 Å². The summed E-state index contributed by atoms with van der Waals surface area (Å²) in [5.41, 5.74) is 6.31. The van der Waals surface area contributed by atoms with Gasteiger partial charge in [0.2, 0.25) is 5.91 Å². The van der Waals surface area contributed by atoms with Gasteiger partial charge in [0.15, 0.2) is 0 Å². The summed E-state index contributed by atoms with van der Waals surface area (Å²) >= 11 is 0. The molecule has 0 atom stereocenters. The number of nitrogen functional groups attached to an aromatic ring is 1. The Bertz CT molecular complexity index is 336. The summed E-state index contributed by atoms with van der Waals surface area (Å²) in [6.07, 6.45) is 3.03. The number of benzene rings is 1. The van der Waals surface area contributed by atoms with Crippen molar-refractivity contribution in [1.29, 1.82) is 0 Å². The third-order valence-electron chi connectivity index (χ3n) is 2.34. The predicted molar refractivity (Wildman–Crippen MR) is 68.9 cm³/mol. The normalized spacial score (nSPS) is 9.94. The molecule has 0 radical (unpaired) electrons. The van der Waals surface area contributed by atoms with Gasteiger partial charge in [-0.25, -0.2) is 0 Å². The standard InChI is InChI=1S/C13H20N2O2/c1-11(16)15-9-3-2-4-10-17-13-7-5-12(14)6-8-13/h5-8H,2-4,9-10,14H2,1H3,(H,15,16). The van der Waals surface area contributed by atoms with Gasteiger partial charge in [0.1, 0.15) is 5.75 Å². The maximum atomic E-state index is 10.6. The molecular formula is C13H20N2O2. The molecule has 1 amide bonds. The van der Waals surface area contributed by atoms with Crippen molar-refractivity contribution in [3.05, 3.63) is 24.3 Å². The van der Waals surface area contributed by atoms with E-state index in [1.807, 2.05) is 24.3 Å². The van der Waals surface area contributed by atoms with Gasteiger partial charge in [-0.05, 0) is 43.5 Å². The largest absolute Gasteiger partial charge is 0.494 e. The van der Waals surface area contributed by atoms with Gasteiger partial charge in [0, 0.05) is 19.2 Å². The van der Waals surface area contributed by atoms with Crippen LogP contribution in [0.2, 0.25) is 0 Å². The lowest BCUT2D eigenvalue weighted by atomic mass is 10.2. The fourth-order valence-electron chi connectivity index (χ4n) is 1.42. The van der Waals surface area contributed by atoms with Crippen LogP contribution >= 0.6 is 0 Å². The SMILES string of the molecule is CC(=O)NCCCCCOc1ccc(N)cc1. The summed E-state index contributed by atoms with van der Waals surface area (Å²) in [5.74, 6) is 0.879. The van der Waals surface area contributed by atoms with Crippen molar-refractivity contribution >= 4 is 11.6 Å². The molecule has 94 valence electrons. The molecule has 1 rings (SSSR count). The van der Waals surface area contributed by atoms with E-state index >= 15 is 0 Å². The second-order valence-electron chi connectivity index (χ2n) is 3.96. The molecule has 0 aliphatic rings. The molecule has 0 spiro atoms. The van der Waals surface area contributed by atoms with Gasteiger partial charge in [-0.3, -0.25) is 4.79 Å². The van der Waals surface area contributed by atoms with E-state index in [0.717, 1.165) is 37.2 Å². The number of ether oxygens (including phenoxy) is 1. The first-order valence-corrected chi connectivity index (χ1v) is 5.91. The molecule has 4 heteroatoms. The Balaban J connectivity index is 2.01. The highest BCUT2D eigenvalue weighted by atomic mass is 16.5. The lowest BCUT2D eigenvalue weighted by Gasteiger charge is -2.06. The number of rotatable bonds is 7. The van der Waals surface area contributed by atoms with Crippen molar-refractivity contribution in [3.8, 4) is 5.75 Å². The molecule has 1 aromatic rings. The molecule has 4 nitrogen and oxygen atoms in total. The van der Waals surface area contributed by atoms with Crippen molar-refractivity contribution in [2.45, 2.75) is 26.2 Å². The molecule has 1 aromatic carbocycles. The number of carbonyl (C=O) groups is 1. The Kier molecular flexibility index (Phi) is 5.93. The average molecular weight is 236 g/mol. The fraction of sp³-hybridized carbons (Fsp3) is 0.462. The molecule has 0 fully saturated rings. The van der Waals surface area contributed by atoms with E-state index in [0.29, 0.717) is 6.61 Å². The smallest absolute Gasteiger partial charge is 0.216 e. The van der Waals surface area contributed by atoms with Gasteiger partial charge in [-0.15, -0.1) is 0 Å². The summed E-state index contributed by atoms with van der Waals surface area (Å²) in [4.78, 5) is 10.6. The Morgan fingerprint density at radius 2 is 1.94 bits per heavy atom. The highest BCUT2D eigenvalue weighted by molar-refractivity contribution is 5.72. The van der Waals surface area contributed by atoms with Crippen LogP contribution in [-0.4, -0.2) is 19.1 Å². The van der Waals surface area contributed by atoms with E-state index in [9.17, 15) is 4.79 Å². The average Bonchev–Trinajstić information content (AvgIpc) is 2.30. The van der Waals surface area contributed by atoms with Gasteiger partial charge < -0.3 is 15.8 Å². The van der Waals surface area contributed by atoms with Gasteiger partial charge in [-0.1, -0.05) is 0 Å². The third kappa shape index (κ3) is 6.45. The number of amides is 1. The summed E-state index contributed by atoms with van der Waals surface area (Å²) in [6.45, 7) is 2.98. The number of nitrogens with one attached hydrogen (secondary N) is 1. The van der Waals surface area contributed by atoms with Crippen LogP contribution in [0.5, 0.6) is 5.75 Å². The Morgan fingerprint density at radius 1 is 1.24 bits per heavy atom. The molecule has 0 saturated carbocycles. The zero-order chi connectivity index (χ0) is 12.5. The number of nitrogens with two attached hydrogens (primary N) is 1. The van der Waals surface area contributed by atoms with Crippen molar-refractivity contribution in [1.82, 2.24) is 5.32 Å². The van der Waals surface area contributed by atoms with Crippen LogP contribution in [0.4, 0.5) is 5.69 Å². The first kappa shape index (κ1) is 13.4. The lowest BCUT2D eigenvalue weighted by Crippen LogP contribution is -2.20. The van der Waals surface area contributed by atoms with E-state index in [-0.39, 0.29) is 5.91 Å². The van der Waals surface area contributed by atoms with Crippen LogP contribution in [0.1, 0.15) is 26.2 Å². The molecule has 17 heavy (non-hydrogen) atoms. The van der Waals surface area contributed by atoms with Crippen LogP contribution in [0, 0.1) is 0 Å². The number of hydrogen-bond donors (Lipinski definition) is 2. The molecule has 0 aliphatic heterocycles. The monoisotopic (exact) mass is 236 g/mol. The molecule has 0 aliphatic carbocycles. The zero-order valence-corrected chi connectivity index (χ0v) is 10.2. The quantitative estimate of drug-likeness (QED) is 0.562. The van der Waals surface area contributed by atoms with Crippen molar-refractivity contribution in [2.75, 3.05) is 18.9 Å². The minimum atomic E-state index is 0.0307. The summed E-state index contributed by atoms with van der Waals surface area (Å²) in [6, 6.07) is 7.39. The lowest BCUT2D eigenvalue weighted by molar-refractivity contribution is -0.118. The second kappa shape index (κ2) is 7.54. The zero-order valence-electron chi connectivity index (χ0n) is 10.2. The number of carbonyl (C=O) groups excluding carboxylic acids is 1. The summed E-state index contributed by atoms with van der Waals surface area (Å²) in [7, 11) is 0. The molecule has 0 aromatic heterocycles. The van der Waals surface area contributed by atoms with E-state index < -0.39 is 0 Å². The summed E-state index contributed by atoms with van der Waals surface area (Å²) < 4.78 is 5.55. The van der Waals surface area contributed by atoms with E-state index in [1.165, 1.54) is 6.92 Å². The van der Waals surface area contributed by atoms with E-state index in [2.05, 4.69) is 5.32 Å². The Morgan fingerprint density at radius 3 is 2.59 bits per heavy atom. The van der Waals surface area contributed by atoms with Crippen LogP contribution in [0.3, 0.4) is 0 Å². The van der Waals surface area contributed by atoms with E-state index in [1.54, 1.807) is 0 Å². The van der Waals surface area contributed by atoms with Crippen LogP contribution < -0.4 is 15.8 Å². The molecule has 0 bridgehead atoms. The topological polar surface area (TPSA) is 64.3 Å². The molecular weight excluding hydrogens is 216 g/mol. The van der Waals surface area contributed by atoms with E-state index in [4.69, 9.17) is 10.5 Å². The Labute approximate surface area is 102 Å². The van der Waals surface area contributed by atoms with Crippen LogP contribution in [0.15, 0.2) is 24.3 Å². The first-order valence-electron chi connectivity index (χ1n) is 5.91. The maximum Gasteiger partial charge on any atom is 0.216 e. The van der Waals surface area contributed by atoms with Gasteiger partial charge in [-0.2, -0.15) is 0 Å². The summed E-state index contributed by atoms with van der Waals surface area (Å²) in [5, 5.41) is 2.77. The van der Waals surface area contributed by atoms with Crippen molar-refractivity contribution in [3.63, 3.8) is 0 Å². The Hall–Kier alpha value is -1.71. The minimum absolute atomic E-state index is 0.0307. The predicted octanol–water partition coefficient (Wildman–Crippen LogP) is 1.95. The highest BCUT2D eigenvalue weighted by Crippen LogP contribution is 2.13. The molecule has 0 saturated heterocycles. The molecule has 3 N–H and O–H groups in total. The van der Waals surface area contributed by atoms with Crippen molar-refractivity contribution < 1.29 is 9.53 Å². The fourth-order valence-corrected chi connectivity index (χ4v) is 1.42. The molecule has 0 unspecified atom stereocenters. The van der Waals surface area contributed by atoms with Gasteiger partial charge in [0.05, 0.1) is 6.61 Å². The number of anilines is 1. The van der Waals surface area contributed by atoms with Crippen LogP contribution in [-0.2, 0) is 4.79 Å². The molecule has 0 heterocycles. The van der Waals surface area contributed by atoms with Gasteiger partial charge in [0.25, 0.3) is 0 Å².